The summed E-state index contributed by atoms with van der Waals surface area (Å²) in [6, 6.07) is 4.89. The lowest BCUT2D eigenvalue weighted by Crippen LogP contribution is -2.10. The zero-order chi connectivity index (χ0) is 10.1. The summed E-state index contributed by atoms with van der Waals surface area (Å²) in [4.78, 5) is 13.0. The smallest absolute Gasteiger partial charge is 0.270 e. The number of nitro benzene ring substituents is 1. The first-order valence-electron chi connectivity index (χ1n) is 4.03. The van der Waals surface area contributed by atoms with Gasteiger partial charge in [0.05, 0.1) is 10.6 Å². The Labute approximate surface area is 85.4 Å². The van der Waals surface area contributed by atoms with Crippen LogP contribution in [0.25, 0.3) is 0 Å². The van der Waals surface area contributed by atoms with Gasteiger partial charge in [-0.3, -0.25) is 10.1 Å². The molecule has 4 nitrogen and oxygen atoms in total. The fraction of sp³-hybridized carbons (Fsp3) is 0.111. The van der Waals surface area contributed by atoms with Gasteiger partial charge in [-0.1, -0.05) is 11.8 Å². The standard InChI is InChI=1S/C9H8N2O2S/c1-10-4-5-14-9-6-7(11(12)13)2-3-8(9)10/h2-6H,1H3. The summed E-state index contributed by atoms with van der Waals surface area (Å²) in [7, 11) is 1.92. The highest BCUT2D eigenvalue weighted by Crippen LogP contribution is 2.36. The summed E-state index contributed by atoms with van der Waals surface area (Å²) >= 11 is 1.50. The van der Waals surface area contributed by atoms with Crippen LogP contribution in [0.1, 0.15) is 0 Å². The number of benzene rings is 1. The molecule has 2 rings (SSSR count). The van der Waals surface area contributed by atoms with Crippen LogP contribution in [0.5, 0.6) is 0 Å². The first-order valence-corrected chi connectivity index (χ1v) is 4.91. The Bertz CT molecular complexity index is 417. The minimum Gasteiger partial charge on any atom is -0.350 e. The molecule has 1 aromatic carbocycles. The maximum Gasteiger partial charge on any atom is 0.270 e. The van der Waals surface area contributed by atoms with Gasteiger partial charge in [0.1, 0.15) is 0 Å². The number of hydrogen-bond acceptors (Lipinski definition) is 4. The Kier molecular flexibility index (Phi) is 2.17. The fourth-order valence-electron chi connectivity index (χ4n) is 1.28. The van der Waals surface area contributed by atoms with E-state index in [0.29, 0.717) is 0 Å². The van der Waals surface area contributed by atoms with Crippen molar-refractivity contribution in [3.8, 4) is 0 Å². The van der Waals surface area contributed by atoms with Crippen molar-refractivity contribution in [2.45, 2.75) is 4.90 Å². The second kappa shape index (κ2) is 3.34. The molecule has 0 amide bonds. The maximum atomic E-state index is 10.5. The van der Waals surface area contributed by atoms with Gasteiger partial charge >= 0.3 is 0 Å². The molecule has 5 heteroatoms. The first-order chi connectivity index (χ1) is 6.68. The van der Waals surface area contributed by atoms with Gasteiger partial charge in [-0.15, -0.1) is 0 Å². The zero-order valence-electron chi connectivity index (χ0n) is 7.51. The molecule has 0 bridgehead atoms. The molecule has 0 aromatic heterocycles. The highest BCUT2D eigenvalue weighted by Gasteiger charge is 2.14. The molecule has 0 unspecified atom stereocenters. The van der Waals surface area contributed by atoms with Crippen molar-refractivity contribution in [2.24, 2.45) is 0 Å². The lowest BCUT2D eigenvalue weighted by atomic mass is 10.2. The van der Waals surface area contributed by atoms with Crippen molar-refractivity contribution in [1.82, 2.24) is 0 Å². The number of non-ortho nitro benzene ring substituents is 1. The van der Waals surface area contributed by atoms with Crippen molar-refractivity contribution < 1.29 is 4.92 Å². The fourth-order valence-corrected chi connectivity index (χ4v) is 2.19. The van der Waals surface area contributed by atoms with Crippen LogP contribution in [0, 0.1) is 10.1 Å². The molecule has 0 saturated heterocycles. The number of nitrogens with zero attached hydrogens (tertiary/aromatic N) is 2. The van der Waals surface area contributed by atoms with Gasteiger partial charge in [0.25, 0.3) is 5.69 Å². The highest BCUT2D eigenvalue weighted by atomic mass is 32.2. The number of thioether (sulfide) groups is 1. The van der Waals surface area contributed by atoms with E-state index < -0.39 is 0 Å². The van der Waals surface area contributed by atoms with Gasteiger partial charge < -0.3 is 4.90 Å². The molecular weight excluding hydrogens is 200 g/mol. The quantitative estimate of drug-likeness (QED) is 0.525. The highest BCUT2D eigenvalue weighted by molar-refractivity contribution is 8.02. The number of nitro groups is 1. The lowest BCUT2D eigenvalue weighted by Gasteiger charge is -2.20. The Hall–Kier alpha value is -1.49. The topological polar surface area (TPSA) is 46.4 Å². The van der Waals surface area contributed by atoms with Crippen LogP contribution >= 0.6 is 11.8 Å². The molecule has 14 heavy (non-hydrogen) atoms. The third-order valence-electron chi connectivity index (χ3n) is 2.01. The van der Waals surface area contributed by atoms with E-state index in [2.05, 4.69) is 0 Å². The molecule has 0 N–H and O–H groups in total. The molecule has 0 aliphatic carbocycles. The lowest BCUT2D eigenvalue weighted by molar-refractivity contribution is -0.385. The molecule has 1 heterocycles. The zero-order valence-corrected chi connectivity index (χ0v) is 8.32. The largest absolute Gasteiger partial charge is 0.350 e. The average Bonchev–Trinajstić information content (AvgIpc) is 2.17. The second-order valence-corrected chi connectivity index (χ2v) is 3.87. The van der Waals surface area contributed by atoms with Gasteiger partial charge in [-0.2, -0.15) is 0 Å². The van der Waals surface area contributed by atoms with Crippen molar-refractivity contribution in [3.05, 3.63) is 39.9 Å². The van der Waals surface area contributed by atoms with Gasteiger partial charge in [-0.05, 0) is 11.5 Å². The molecular formula is C9H8N2O2S. The van der Waals surface area contributed by atoms with Crippen LogP contribution in [-0.4, -0.2) is 12.0 Å². The SMILES string of the molecule is CN1C=CSc2cc([N+](=O)[O-])ccc21. The predicted molar refractivity (Wildman–Crippen MR) is 56.5 cm³/mol. The van der Waals surface area contributed by atoms with Crippen molar-refractivity contribution >= 4 is 23.1 Å². The van der Waals surface area contributed by atoms with E-state index in [1.165, 1.54) is 17.8 Å². The minimum atomic E-state index is -0.376. The first kappa shape index (κ1) is 9.08. The summed E-state index contributed by atoms with van der Waals surface area (Å²) < 4.78 is 0. The van der Waals surface area contributed by atoms with E-state index >= 15 is 0 Å². The summed E-state index contributed by atoms with van der Waals surface area (Å²) in [6.45, 7) is 0. The predicted octanol–water partition coefficient (Wildman–Crippen LogP) is 2.61. The van der Waals surface area contributed by atoms with E-state index in [4.69, 9.17) is 0 Å². The van der Waals surface area contributed by atoms with Gasteiger partial charge in [0.15, 0.2) is 0 Å². The number of rotatable bonds is 1. The van der Waals surface area contributed by atoms with E-state index in [0.717, 1.165) is 10.6 Å². The Morgan fingerprint density at radius 3 is 3.00 bits per heavy atom. The number of hydrogen-bond donors (Lipinski definition) is 0. The van der Waals surface area contributed by atoms with E-state index in [1.807, 2.05) is 23.6 Å². The molecule has 0 atom stereocenters. The third-order valence-corrected chi connectivity index (χ3v) is 2.85. The molecule has 0 saturated carbocycles. The number of anilines is 1. The maximum absolute atomic E-state index is 10.5. The van der Waals surface area contributed by atoms with Crippen LogP contribution < -0.4 is 4.90 Å². The molecule has 72 valence electrons. The van der Waals surface area contributed by atoms with Crippen LogP contribution in [-0.2, 0) is 0 Å². The number of fused-ring (bicyclic) bond motifs is 1. The molecule has 1 aliphatic rings. The van der Waals surface area contributed by atoms with E-state index in [9.17, 15) is 10.1 Å². The van der Waals surface area contributed by atoms with Crippen LogP contribution in [0.3, 0.4) is 0 Å². The summed E-state index contributed by atoms with van der Waals surface area (Å²) in [6.07, 6.45) is 1.93. The normalized spacial score (nSPS) is 13.9. The van der Waals surface area contributed by atoms with Crippen LogP contribution in [0.15, 0.2) is 34.7 Å². The summed E-state index contributed by atoms with van der Waals surface area (Å²) in [5, 5.41) is 12.4. The summed E-state index contributed by atoms with van der Waals surface area (Å²) in [5.41, 5.74) is 1.14. The molecule has 0 fully saturated rings. The average molecular weight is 208 g/mol. The van der Waals surface area contributed by atoms with E-state index in [1.54, 1.807) is 12.1 Å². The van der Waals surface area contributed by atoms with Crippen molar-refractivity contribution in [2.75, 3.05) is 11.9 Å². The molecule has 0 radical (unpaired) electrons. The molecule has 1 aliphatic heterocycles. The molecule has 1 aromatic rings. The van der Waals surface area contributed by atoms with Gasteiger partial charge in [0, 0.05) is 30.3 Å². The summed E-state index contributed by atoms with van der Waals surface area (Å²) in [5.74, 6) is 0. The second-order valence-electron chi connectivity index (χ2n) is 2.92. The van der Waals surface area contributed by atoms with Crippen molar-refractivity contribution in [1.29, 1.82) is 0 Å². The van der Waals surface area contributed by atoms with E-state index in [-0.39, 0.29) is 10.6 Å². The Morgan fingerprint density at radius 1 is 1.50 bits per heavy atom. The minimum absolute atomic E-state index is 0.139. The van der Waals surface area contributed by atoms with Crippen LogP contribution in [0.2, 0.25) is 0 Å². The van der Waals surface area contributed by atoms with Crippen molar-refractivity contribution in [3.63, 3.8) is 0 Å². The van der Waals surface area contributed by atoms with Crippen LogP contribution in [0.4, 0.5) is 11.4 Å². The Morgan fingerprint density at radius 2 is 2.29 bits per heavy atom. The van der Waals surface area contributed by atoms with Gasteiger partial charge in [-0.25, -0.2) is 0 Å². The Balaban J connectivity index is 2.47. The van der Waals surface area contributed by atoms with Gasteiger partial charge in [0.2, 0.25) is 0 Å². The molecule has 0 spiro atoms. The monoisotopic (exact) mass is 208 g/mol. The third kappa shape index (κ3) is 1.46.